The fourth-order valence-electron chi connectivity index (χ4n) is 2.13. The van der Waals surface area contributed by atoms with E-state index < -0.39 is 5.41 Å². The van der Waals surface area contributed by atoms with Gasteiger partial charge in [0, 0.05) is 16.3 Å². The monoisotopic (exact) mass is 316 g/mol. The van der Waals surface area contributed by atoms with Gasteiger partial charge in [0.15, 0.2) is 0 Å². The third kappa shape index (κ3) is 2.57. The molecular formula is C13H14BrFO3. The highest BCUT2D eigenvalue weighted by atomic mass is 79.9. The topological polar surface area (TPSA) is 35.5 Å². The molecule has 1 heterocycles. The van der Waals surface area contributed by atoms with E-state index in [0.717, 1.165) is 4.47 Å². The second kappa shape index (κ2) is 5.36. The average molecular weight is 317 g/mol. The lowest BCUT2D eigenvalue weighted by Crippen LogP contribution is -2.47. The number of carbonyl (C=O) groups is 1. The normalized spacial score (nSPS) is 17.1. The Labute approximate surface area is 113 Å². The second-order valence-corrected chi connectivity index (χ2v) is 5.39. The van der Waals surface area contributed by atoms with Crippen LogP contribution in [0.1, 0.15) is 18.4 Å². The molecule has 0 bridgehead atoms. The van der Waals surface area contributed by atoms with Crippen LogP contribution in [0.4, 0.5) is 4.39 Å². The first-order valence-electron chi connectivity index (χ1n) is 5.67. The Morgan fingerprint density at radius 3 is 2.83 bits per heavy atom. The number of rotatable bonds is 4. The molecule has 0 aliphatic carbocycles. The largest absolute Gasteiger partial charge is 0.469 e. The Hall–Kier alpha value is -0.940. The Morgan fingerprint density at radius 1 is 1.56 bits per heavy atom. The molecular weight excluding hydrogens is 303 g/mol. The van der Waals surface area contributed by atoms with E-state index in [1.165, 1.54) is 13.2 Å². The highest BCUT2D eigenvalue weighted by Gasteiger charge is 2.42. The summed E-state index contributed by atoms with van der Waals surface area (Å²) in [5, 5.41) is 0. The van der Waals surface area contributed by atoms with Crippen LogP contribution >= 0.6 is 15.9 Å². The maximum Gasteiger partial charge on any atom is 0.305 e. The van der Waals surface area contributed by atoms with Crippen LogP contribution in [0.15, 0.2) is 22.7 Å². The van der Waals surface area contributed by atoms with Gasteiger partial charge in [-0.05, 0) is 30.2 Å². The van der Waals surface area contributed by atoms with Crippen molar-refractivity contribution >= 4 is 21.9 Å². The van der Waals surface area contributed by atoms with Gasteiger partial charge in [0.2, 0.25) is 0 Å². The lowest BCUT2D eigenvalue weighted by Gasteiger charge is -2.42. The van der Waals surface area contributed by atoms with Crippen molar-refractivity contribution in [3.05, 3.63) is 34.1 Å². The molecule has 1 aromatic carbocycles. The van der Waals surface area contributed by atoms with Gasteiger partial charge in [0.1, 0.15) is 5.82 Å². The number of carbonyl (C=O) groups excluding carboxylic acids is 1. The molecule has 0 atom stereocenters. The second-order valence-electron chi connectivity index (χ2n) is 4.47. The predicted octanol–water partition coefficient (Wildman–Crippen LogP) is 2.81. The molecule has 1 aliphatic heterocycles. The average Bonchev–Trinajstić information content (AvgIpc) is 2.31. The number of halogens is 2. The van der Waals surface area contributed by atoms with E-state index in [4.69, 9.17) is 4.74 Å². The summed E-state index contributed by atoms with van der Waals surface area (Å²) in [7, 11) is 1.35. The summed E-state index contributed by atoms with van der Waals surface area (Å²) in [5.41, 5.74) is 0.203. The molecule has 0 spiro atoms. The van der Waals surface area contributed by atoms with Gasteiger partial charge in [-0.25, -0.2) is 4.39 Å². The molecule has 18 heavy (non-hydrogen) atoms. The van der Waals surface area contributed by atoms with Crippen molar-refractivity contribution in [3.8, 4) is 0 Å². The van der Waals surface area contributed by atoms with Gasteiger partial charge in [-0.3, -0.25) is 4.79 Å². The number of hydrogen-bond donors (Lipinski definition) is 0. The Balaban J connectivity index is 2.21. The predicted molar refractivity (Wildman–Crippen MR) is 67.8 cm³/mol. The van der Waals surface area contributed by atoms with Gasteiger partial charge in [-0.1, -0.05) is 15.9 Å². The molecule has 0 aromatic heterocycles. The summed E-state index contributed by atoms with van der Waals surface area (Å²) < 4.78 is 24.6. The summed E-state index contributed by atoms with van der Waals surface area (Å²) in [4.78, 5) is 11.2. The zero-order valence-corrected chi connectivity index (χ0v) is 11.6. The first kappa shape index (κ1) is 13.5. The first-order chi connectivity index (χ1) is 8.57. The number of hydrogen-bond acceptors (Lipinski definition) is 3. The summed E-state index contributed by atoms with van der Waals surface area (Å²) >= 11 is 3.34. The highest BCUT2D eigenvalue weighted by molar-refractivity contribution is 9.10. The number of methoxy groups -OCH3 is 1. The fraction of sp³-hybridized carbons (Fsp3) is 0.462. The zero-order chi connectivity index (χ0) is 13.2. The molecule has 5 heteroatoms. The summed E-state index contributed by atoms with van der Waals surface area (Å²) in [6.07, 6.45) is 0.804. The van der Waals surface area contributed by atoms with Crippen molar-refractivity contribution < 1.29 is 18.7 Å². The van der Waals surface area contributed by atoms with Gasteiger partial charge < -0.3 is 9.47 Å². The van der Waals surface area contributed by atoms with Crippen LogP contribution in [0, 0.1) is 5.82 Å². The molecule has 98 valence electrons. The fourth-order valence-corrected chi connectivity index (χ4v) is 2.49. The van der Waals surface area contributed by atoms with Gasteiger partial charge in [-0.2, -0.15) is 0 Å². The van der Waals surface area contributed by atoms with Crippen molar-refractivity contribution in [1.29, 1.82) is 0 Å². The molecule has 1 aliphatic rings. The van der Waals surface area contributed by atoms with Crippen LogP contribution in [0.5, 0.6) is 0 Å². The van der Waals surface area contributed by atoms with Gasteiger partial charge in [0.25, 0.3) is 0 Å². The van der Waals surface area contributed by atoms with E-state index in [0.29, 0.717) is 25.2 Å². The Morgan fingerprint density at radius 2 is 2.28 bits per heavy atom. The van der Waals surface area contributed by atoms with Gasteiger partial charge >= 0.3 is 5.97 Å². The van der Waals surface area contributed by atoms with E-state index >= 15 is 0 Å². The maximum absolute atomic E-state index is 13.9. The van der Waals surface area contributed by atoms with E-state index in [9.17, 15) is 9.18 Å². The SMILES string of the molecule is COC(=O)CCC1(c2cc(Br)ccc2F)COC1. The summed E-state index contributed by atoms with van der Waals surface area (Å²) in [6.45, 7) is 0.884. The maximum atomic E-state index is 13.9. The lowest BCUT2D eigenvalue weighted by molar-refractivity contribution is -0.142. The Kier molecular flexibility index (Phi) is 4.02. The van der Waals surface area contributed by atoms with Crippen molar-refractivity contribution in [2.75, 3.05) is 20.3 Å². The third-order valence-electron chi connectivity index (χ3n) is 3.29. The number of ether oxygens (including phenoxy) is 2. The van der Waals surface area contributed by atoms with E-state index in [1.807, 2.05) is 0 Å². The van der Waals surface area contributed by atoms with Crippen LogP contribution in [-0.2, 0) is 19.7 Å². The van der Waals surface area contributed by atoms with Crippen molar-refractivity contribution in [3.63, 3.8) is 0 Å². The minimum Gasteiger partial charge on any atom is -0.469 e. The first-order valence-corrected chi connectivity index (χ1v) is 6.47. The molecule has 0 radical (unpaired) electrons. The van der Waals surface area contributed by atoms with E-state index in [-0.39, 0.29) is 18.2 Å². The molecule has 1 aromatic rings. The minimum atomic E-state index is -0.401. The van der Waals surface area contributed by atoms with Gasteiger partial charge in [0.05, 0.1) is 20.3 Å². The van der Waals surface area contributed by atoms with Gasteiger partial charge in [-0.15, -0.1) is 0 Å². The minimum absolute atomic E-state index is 0.258. The summed E-state index contributed by atoms with van der Waals surface area (Å²) in [6, 6.07) is 4.85. The van der Waals surface area contributed by atoms with Crippen LogP contribution in [0.3, 0.4) is 0 Å². The lowest BCUT2D eigenvalue weighted by atomic mass is 9.75. The van der Waals surface area contributed by atoms with Crippen molar-refractivity contribution in [2.24, 2.45) is 0 Å². The standard InChI is InChI=1S/C13H14BrFO3/c1-17-12(16)4-5-13(7-18-8-13)10-6-9(14)2-3-11(10)15/h2-3,6H,4-5,7-8H2,1H3. The Bertz CT molecular complexity index is 458. The molecule has 0 saturated carbocycles. The molecule has 3 nitrogen and oxygen atoms in total. The van der Waals surface area contributed by atoms with Crippen molar-refractivity contribution in [1.82, 2.24) is 0 Å². The number of esters is 1. The molecule has 2 rings (SSSR count). The quantitative estimate of drug-likeness (QED) is 0.801. The number of benzene rings is 1. The van der Waals surface area contributed by atoms with Crippen LogP contribution in [-0.4, -0.2) is 26.3 Å². The zero-order valence-electron chi connectivity index (χ0n) is 10.0. The highest BCUT2D eigenvalue weighted by Crippen LogP contribution is 2.39. The van der Waals surface area contributed by atoms with Crippen LogP contribution in [0.2, 0.25) is 0 Å². The molecule has 0 amide bonds. The third-order valence-corrected chi connectivity index (χ3v) is 3.79. The summed E-state index contributed by atoms with van der Waals surface area (Å²) in [5.74, 6) is -0.539. The van der Waals surface area contributed by atoms with Crippen molar-refractivity contribution in [2.45, 2.75) is 18.3 Å². The molecule has 0 unspecified atom stereocenters. The smallest absolute Gasteiger partial charge is 0.305 e. The molecule has 0 N–H and O–H groups in total. The van der Waals surface area contributed by atoms with Crippen LogP contribution in [0.25, 0.3) is 0 Å². The van der Waals surface area contributed by atoms with E-state index in [1.54, 1.807) is 12.1 Å². The molecule has 1 fully saturated rings. The van der Waals surface area contributed by atoms with E-state index in [2.05, 4.69) is 20.7 Å². The molecule has 1 saturated heterocycles. The van der Waals surface area contributed by atoms with Crippen LogP contribution < -0.4 is 0 Å².